The fourth-order valence-electron chi connectivity index (χ4n) is 4.91. The monoisotopic (exact) mass is 470 g/mol. The third-order valence-electron chi connectivity index (χ3n) is 6.68. The number of nitrogens with zero attached hydrogens (tertiary/aromatic N) is 3. The van der Waals surface area contributed by atoms with E-state index in [4.69, 9.17) is 4.74 Å². The van der Waals surface area contributed by atoms with Crippen molar-refractivity contribution in [2.24, 2.45) is 7.05 Å². The highest BCUT2D eigenvalue weighted by Crippen LogP contribution is 2.35. The van der Waals surface area contributed by atoms with E-state index in [1.807, 2.05) is 6.08 Å². The van der Waals surface area contributed by atoms with Crippen molar-refractivity contribution >= 4 is 22.4 Å². The number of benzene rings is 1. The summed E-state index contributed by atoms with van der Waals surface area (Å²) in [5, 5.41) is 3.72. The van der Waals surface area contributed by atoms with Gasteiger partial charge in [-0.3, -0.25) is 9.36 Å². The molecule has 0 radical (unpaired) electrons. The van der Waals surface area contributed by atoms with Crippen LogP contribution in [0.4, 0.5) is 19.0 Å². The van der Waals surface area contributed by atoms with Crippen LogP contribution in [0.5, 0.6) is 0 Å². The van der Waals surface area contributed by atoms with Crippen LogP contribution in [0.15, 0.2) is 41.5 Å². The van der Waals surface area contributed by atoms with Gasteiger partial charge in [0.05, 0.1) is 29.2 Å². The number of halogens is 3. The normalized spacial score (nSPS) is 20.9. The Bertz CT molecular complexity index is 1340. The second kappa shape index (κ2) is 8.87. The highest BCUT2D eigenvalue weighted by molar-refractivity contribution is 5.89. The molecule has 1 aromatic carbocycles. The summed E-state index contributed by atoms with van der Waals surface area (Å²) >= 11 is 0. The number of ether oxygens (including phenoxy) is 1. The zero-order valence-corrected chi connectivity index (χ0v) is 18.9. The number of rotatable bonds is 5. The fraction of sp³-hybridized carbons (Fsp3) is 0.400. The lowest BCUT2D eigenvalue weighted by molar-refractivity contribution is -0.0284. The Morgan fingerprint density at radius 2 is 2.00 bits per heavy atom. The van der Waals surface area contributed by atoms with Crippen molar-refractivity contribution < 1.29 is 17.9 Å². The summed E-state index contributed by atoms with van der Waals surface area (Å²) in [7, 11) is 1.65. The molecule has 0 aliphatic carbocycles. The van der Waals surface area contributed by atoms with E-state index < -0.39 is 23.8 Å². The SMILES string of the molecule is C[C@@H](Nc1ncnc2c1cc(C1=C[C@@H]3CCC[C@H](C1)O3)c(=O)n2C)c1cccc(C(F)F)c1F. The first-order valence-corrected chi connectivity index (χ1v) is 11.4. The van der Waals surface area contributed by atoms with E-state index in [-0.39, 0.29) is 23.3 Å². The van der Waals surface area contributed by atoms with Crippen LogP contribution < -0.4 is 10.9 Å². The molecule has 9 heteroatoms. The molecule has 2 aliphatic heterocycles. The molecule has 2 bridgehead atoms. The molecule has 1 fully saturated rings. The molecule has 3 atom stereocenters. The van der Waals surface area contributed by atoms with E-state index in [2.05, 4.69) is 15.3 Å². The van der Waals surface area contributed by atoms with Crippen LogP contribution in [0.2, 0.25) is 0 Å². The molecule has 1 saturated heterocycles. The van der Waals surface area contributed by atoms with Gasteiger partial charge >= 0.3 is 0 Å². The quantitative estimate of drug-likeness (QED) is 0.548. The third-order valence-corrected chi connectivity index (χ3v) is 6.68. The van der Waals surface area contributed by atoms with Gasteiger partial charge in [0.25, 0.3) is 12.0 Å². The van der Waals surface area contributed by atoms with Crippen LogP contribution >= 0.6 is 0 Å². The van der Waals surface area contributed by atoms with Crippen molar-refractivity contribution in [2.45, 2.75) is 57.3 Å². The first-order valence-electron chi connectivity index (χ1n) is 11.4. The highest BCUT2D eigenvalue weighted by atomic mass is 19.3. The van der Waals surface area contributed by atoms with Gasteiger partial charge in [-0.15, -0.1) is 0 Å². The number of alkyl halides is 2. The smallest absolute Gasteiger partial charge is 0.266 e. The minimum atomic E-state index is -2.91. The second-order valence-electron chi connectivity index (χ2n) is 8.92. The minimum Gasteiger partial charge on any atom is -0.371 e. The standard InChI is InChI=1S/C25H25F3N4O2/c1-13(17-7-4-8-18(21(17)26)22(27)28)31-23-20-11-19(25(33)32(2)24(20)30-12-29-23)14-9-15-5-3-6-16(10-14)34-15/h4,7-9,11-13,15-16,22H,3,5-6,10H2,1-2H3,(H,29,30,31)/t13-,15+,16-/m1/s1. The lowest BCUT2D eigenvalue weighted by Crippen LogP contribution is -2.32. The molecule has 0 saturated carbocycles. The maximum absolute atomic E-state index is 14.7. The van der Waals surface area contributed by atoms with Gasteiger partial charge in [0.2, 0.25) is 0 Å². The maximum Gasteiger partial charge on any atom is 0.266 e. The van der Waals surface area contributed by atoms with E-state index in [0.29, 0.717) is 28.8 Å². The Kier molecular flexibility index (Phi) is 5.89. The average Bonchev–Trinajstić information content (AvgIpc) is 2.81. The molecule has 0 spiro atoms. The number of aromatic nitrogens is 3. The van der Waals surface area contributed by atoms with Crippen LogP contribution in [0.3, 0.4) is 0 Å². The zero-order valence-electron chi connectivity index (χ0n) is 18.9. The summed E-state index contributed by atoms with van der Waals surface area (Å²) in [6, 6.07) is 5.07. The minimum absolute atomic E-state index is 0.0117. The Labute approximate surface area is 194 Å². The molecule has 0 unspecified atom stereocenters. The van der Waals surface area contributed by atoms with Crippen molar-refractivity contribution in [1.29, 1.82) is 0 Å². The Balaban J connectivity index is 1.56. The number of anilines is 1. The lowest BCUT2D eigenvalue weighted by atomic mass is 9.89. The molecule has 178 valence electrons. The number of aryl methyl sites for hydroxylation is 1. The van der Waals surface area contributed by atoms with Crippen molar-refractivity contribution in [3.63, 3.8) is 0 Å². The topological polar surface area (TPSA) is 69.0 Å². The van der Waals surface area contributed by atoms with E-state index in [1.54, 1.807) is 20.0 Å². The molecule has 5 rings (SSSR count). The van der Waals surface area contributed by atoms with E-state index in [0.717, 1.165) is 30.9 Å². The average molecular weight is 470 g/mol. The second-order valence-corrected chi connectivity index (χ2v) is 8.92. The summed E-state index contributed by atoms with van der Waals surface area (Å²) < 4.78 is 48.5. The van der Waals surface area contributed by atoms with Crippen molar-refractivity contribution in [2.75, 3.05) is 5.32 Å². The maximum atomic E-state index is 14.7. The zero-order chi connectivity index (χ0) is 24.0. The van der Waals surface area contributed by atoms with Crippen LogP contribution in [0.25, 0.3) is 16.6 Å². The lowest BCUT2D eigenvalue weighted by Gasteiger charge is -2.34. The third kappa shape index (κ3) is 3.98. The molecular formula is C25H25F3N4O2. The summed E-state index contributed by atoms with van der Waals surface area (Å²) in [4.78, 5) is 21.8. The van der Waals surface area contributed by atoms with Crippen LogP contribution in [-0.4, -0.2) is 26.7 Å². The van der Waals surface area contributed by atoms with Gasteiger partial charge < -0.3 is 10.1 Å². The van der Waals surface area contributed by atoms with Gasteiger partial charge in [0.15, 0.2) is 0 Å². The summed E-state index contributed by atoms with van der Waals surface area (Å²) in [5.74, 6) is -0.549. The Morgan fingerprint density at radius 3 is 2.76 bits per heavy atom. The van der Waals surface area contributed by atoms with Crippen molar-refractivity contribution in [3.05, 3.63) is 69.5 Å². The van der Waals surface area contributed by atoms with E-state index in [9.17, 15) is 18.0 Å². The van der Waals surface area contributed by atoms with Crippen LogP contribution in [0, 0.1) is 5.82 Å². The Hall–Kier alpha value is -3.20. The number of fused-ring (bicyclic) bond motifs is 3. The predicted octanol–water partition coefficient (Wildman–Crippen LogP) is 5.30. The van der Waals surface area contributed by atoms with Crippen LogP contribution in [-0.2, 0) is 11.8 Å². The molecule has 6 nitrogen and oxygen atoms in total. The van der Waals surface area contributed by atoms with Gasteiger partial charge in [-0.05, 0) is 44.2 Å². The first-order chi connectivity index (χ1) is 16.3. The predicted molar refractivity (Wildman–Crippen MR) is 123 cm³/mol. The van der Waals surface area contributed by atoms with E-state index in [1.165, 1.54) is 23.0 Å². The van der Waals surface area contributed by atoms with Crippen molar-refractivity contribution in [1.82, 2.24) is 14.5 Å². The highest BCUT2D eigenvalue weighted by Gasteiger charge is 2.29. The van der Waals surface area contributed by atoms with Gasteiger partial charge in [0.1, 0.15) is 23.6 Å². The van der Waals surface area contributed by atoms with Gasteiger partial charge in [0, 0.05) is 18.2 Å². The first kappa shape index (κ1) is 22.6. The molecular weight excluding hydrogens is 445 g/mol. The van der Waals surface area contributed by atoms with E-state index >= 15 is 0 Å². The largest absolute Gasteiger partial charge is 0.371 e. The molecule has 0 amide bonds. The molecule has 34 heavy (non-hydrogen) atoms. The number of hydrogen-bond donors (Lipinski definition) is 1. The molecule has 2 aromatic heterocycles. The fourth-order valence-corrected chi connectivity index (χ4v) is 4.91. The summed E-state index contributed by atoms with van der Waals surface area (Å²) in [6.45, 7) is 1.67. The number of pyridine rings is 1. The molecule has 3 aromatic rings. The van der Waals surface area contributed by atoms with Crippen molar-refractivity contribution in [3.8, 4) is 0 Å². The van der Waals surface area contributed by atoms with Gasteiger partial charge in [-0.25, -0.2) is 23.1 Å². The summed E-state index contributed by atoms with van der Waals surface area (Å²) in [6.07, 6.45) is 4.24. The molecule has 4 heterocycles. The van der Waals surface area contributed by atoms with Gasteiger partial charge in [-0.1, -0.05) is 24.3 Å². The van der Waals surface area contributed by atoms with Crippen LogP contribution in [0.1, 0.15) is 61.8 Å². The number of nitrogens with one attached hydrogen (secondary N) is 1. The Morgan fingerprint density at radius 1 is 1.21 bits per heavy atom. The number of hydrogen-bond acceptors (Lipinski definition) is 5. The summed E-state index contributed by atoms with van der Waals surface area (Å²) in [5.41, 5.74) is 1.24. The molecule has 2 aliphatic rings. The molecule has 1 N–H and O–H groups in total. The van der Waals surface area contributed by atoms with Gasteiger partial charge in [-0.2, -0.15) is 0 Å².